The molecule has 0 bridgehead atoms. The van der Waals surface area contributed by atoms with Crippen LogP contribution in [0, 0.1) is 0 Å². The minimum absolute atomic E-state index is 0.280. The van der Waals surface area contributed by atoms with Crippen molar-refractivity contribution in [2.24, 2.45) is 0 Å². The highest BCUT2D eigenvalue weighted by Gasteiger charge is 2.25. The molecule has 20 heavy (non-hydrogen) atoms. The van der Waals surface area contributed by atoms with E-state index in [-0.39, 0.29) is 5.91 Å². The number of aliphatic hydroxyl groups excluding tert-OH is 1. The van der Waals surface area contributed by atoms with E-state index in [9.17, 15) is 9.90 Å². The van der Waals surface area contributed by atoms with Crippen LogP contribution in [0.2, 0.25) is 5.02 Å². The maximum Gasteiger partial charge on any atom is 0.260 e. The van der Waals surface area contributed by atoms with E-state index in [0.717, 1.165) is 23.0 Å². The zero-order chi connectivity index (χ0) is 14.1. The summed E-state index contributed by atoms with van der Waals surface area (Å²) in [5.74, 6) is -0.280. The van der Waals surface area contributed by atoms with Gasteiger partial charge in [-0.05, 0) is 24.3 Å². The van der Waals surface area contributed by atoms with Crippen LogP contribution in [0.3, 0.4) is 0 Å². The molecule has 0 spiro atoms. The summed E-state index contributed by atoms with van der Waals surface area (Å²) in [7, 11) is 0. The fraction of sp³-hybridized carbons (Fsp3) is 0.0769. The minimum atomic E-state index is -0.878. The number of nitrogens with zero attached hydrogens (tertiary/aromatic N) is 2. The lowest BCUT2D eigenvalue weighted by molar-refractivity contribution is -0.117. The maximum atomic E-state index is 11.5. The number of amides is 1. The van der Waals surface area contributed by atoms with Gasteiger partial charge in [0.15, 0.2) is 5.56 Å². The molecule has 2 heterocycles. The molecular formula is C13H10ClN3O2S. The van der Waals surface area contributed by atoms with Crippen LogP contribution in [-0.4, -0.2) is 26.4 Å². The summed E-state index contributed by atoms with van der Waals surface area (Å²) in [6, 6.07) is 7.31. The quantitative estimate of drug-likeness (QED) is 0.833. The number of aromatic nitrogens is 2. The van der Waals surface area contributed by atoms with Crippen LogP contribution in [0.15, 0.2) is 41.6 Å². The summed E-state index contributed by atoms with van der Waals surface area (Å²) in [5, 5.41) is 16.6. The summed E-state index contributed by atoms with van der Waals surface area (Å²) in [6.07, 6.45) is 5.12. The lowest BCUT2D eigenvalue weighted by Gasteiger charge is -2.00. The average molecular weight is 308 g/mol. The van der Waals surface area contributed by atoms with Crippen molar-refractivity contribution in [2.45, 2.75) is 5.56 Å². The van der Waals surface area contributed by atoms with E-state index < -0.39 is 5.56 Å². The number of halogens is 1. The number of carbonyl (C=O) groups is 1. The molecule has 1 aliphatic rings. The number of aliphatic hydroxyl groups is 1. The van der Waals surface area contributed by atoms with Gasteiger partial charge in [0.25, 0.3) is 5.91 Å². The number of rotatable bonds is 2. The molecule has 1 aliphatic heterocycles. The van der Waals surface area contributed by atoms with Gasteiger partial charge in [-0.25, -0.2) is 4.68 Å². The molecule has 0 saturated carbocycles. The minimum Gasteiger partial charge on any atom is -0.364 e. The van der Waals surface area contributed by atoms with Crippen LogP contribution in [0.4, 0.5) is 0 Å². The van der Waals surface area contributed by atoms with Crippen molar-refractivity contribution < 1.29 is 9.90 Å². The van der Waals surface area contributed by atoms with E-state index in [1.807, 2.05) is 12.1 Å². The fourth-order valence-corrected chi connectivity index (χ4v) is 2.77. The summed E-state index contributed by atoms with van der Waals surface area (Å²) < 4.78 is 1.67. The number of carbonyl (C=O) groups excluding carboxylic acids is 1. The first-order valence-corrected chi connectivity index (χ1v) is 7.05. The van der Waals surface area contributed by atoms with Crippen LogP contribution in [0.5, 0.6) is 0 Å². The van der Waals surface area contributed by atoms with Gasteiger partial charge in [-0.2, -0.15) is 5.10 Å². The van der Waals surface area contributed by atoms with E-state index in [0.29, 0.717) is 9.93 Å². The third kappa shape index (κ3) is 2.72. The highest BCUT2D eigenvalue weighted by Crippen LogP contribution is 2.27. The van der Waals surface area contributed by atoms with Crippen molar-refractivity contribution in [2.75, 3.05) is 0 Å². The van der Waals surface area contributed by atoms with Gasteiger partial charge >= 0.3 is 0 Å². The Hall–Kier alpha value is -1.76. The van der Waals surface area contributed by atoms with Crippen LogP contribution in [-0.2, 0) is 4.79 Å². The van der Waals surface area contributed by atoms with Crippen LogP contribution < -0.4 is 5.32 Å². The predicted octanol–water partition coefficient (Wildman–Crippen LogP) is 2.01. The molecule has 7 heteroatoms. The van der Waals surface area contributed by atoms with Crippen LogP contribution in [0.25, 0.3) is 11.8 Å². The molecule has 3 rings (SSSR count). The molecule has 2 N–H and O–H groups in total. The molecule has 1 saturated heterocycles. The van der Waals surface area contributed by atoms with Gasteiger partial charge in [0.1, 0.15) is 0 Å². The number of benzene rings is 1. The number of hydrogen-bond acceptors (Lipinski definition) is 4. The molecule has 1 aromatic heterocycles. The Morgan fingerprint density at radius 2 is 2.35 bits per heavy atom. The molecule has 102 valence electrons. The average Bonchev–Trinajstić information content (AvgIpc) is 2.97. The zero-order valence-corrected chi connectivity index (χ0v) is 11.7. The fourth-order valence-electron chi connectivity index (χ4n) is 1.81. The molecule has 1 amide bonds. The Balaban J connectivity index is 1.88. The van der Waals surface area contributed by atoms with E-state index >= 15 is 0 Å². The van der Waals surface area contributed by atoms with Crippen molar-refractivity contribution in [3.05, 3.63) is 52.2 Å². The second-order valence-electron chi connectivity index (χ2n) is 4.15. The van der Waals surface area contributed by atoms with Gasteiger partial charge in [0.2, 0.25) is 0 Å². The van der Waals surface area contributed by atoms with E-state index in [2.05, 4.69) is 10.4 Å². The first-order valence-electron chi connectivity index (χ1n) is 5.80. The zero-order valence-electron chi connectivity index (χ0n) is 10.2. The molecule has 2 aromatic rings. The van der Waals surface area contributed by atoms with E-state index in [4.69, 9.17) is 11.6 Å². The predicted molar refractivity (Wildman–Crippen MR) is 78.3 cm³/mol. The molecule has 1 atom stereocenters. The molecule has 0 radical (unpaired) electrons. The van der Waals surface area contributed by atoms with Gasteiger partial charge in [0.05, 0.1) is 16.8 Å². The summed E-state index contributed by atoms with van der Waals surface area (Å²) >= 11 is 7.01. The van der Waals surface area contributed by atoms with E-state index in [1.54, 1.807) is 35.3 Å². The largest absolute Gasteiger partial charge is 0.364 e. The Morgan fingerprint density at radius 3 is 3.05 bits per heavy atom. The first-order chi connectivity index (χ1) is 9.61. The topological polar surface area (TPSA) is 67.2 Å². The van der Waals surface area contributed by atoms with Gasteiger partial charge in [-0.15, -0.1) is 0 Å². The smallest absolute Gasteiger partial charge is 0.260 e. The number of thioether (sulfide) groups is 1. The maximum absolute atomic E-state index is 11.5. The highest BCUT2D eigenvalue weighted by molar-refractivity contribution is 8.05. The van der Waals surface area contributed by atoms with Crippen LogP contribution in [0.1, 0.15) is 5.56 Å². The standard InChI is InChI=1S/C13H10ClN3O2S/c14-9-2-1-3-10(5-9)17-7-8(6-15-17)4-11-12(18)16-13(19)20-11/h1-7,13,19H,(H,16,18)/b11-4-. The van der Waals surface area contributed by atoms with Crippen LogP contribution >= 0.6 is 23.4 Å². The number of hydrogen-bond donors (Lipinski definition) is 2. The van der Waals surface area contributed by atoms with E-state index in [1.165, 1.54) is 0 Å². The molecule has 1 fully saturated rings. The Bertz CT molecular complexity index is 698. The highest BCUT2D eigenvalue weighted by atomic mass is 35.5. The first kappa shape index (κ1) is 13.2. The molecular weight excluding hydrogens is 298 g/mol. The van der Waals surface area contributed by atoms with Gasteiger partial charge in [-0.1, -0.05) is 29.4 Å². The second kappa shape index (κ2) is 5.32. The Labute approximate surface area is 124 Å². The normalized spacial score (nSPS) is 20.4. The third-order valence-corrected chi connectivity index (χ3v) is 3.82. The lowest BCUT2D eigenvalue weighted by atomic mass is 10.3. The summed E-state index contributed by atoms with van der Waals surface area (Å²) in [6.45, 7) is 0. The van der Waals surface area contributed by atoms with Gasteiger partial charge in [0, 0.05) is 16.8 Å². The number of nitrogens with one attached hydrogen (secondary N) is 1. The van der Waals surface area contributed by atoms with Crippen molar-refractivity contribution in [3.8, 4) is 5.69 Å². The molecule has 0 aliphatic carbocycles. The monoisotopic (exact) mass is 307 g/mol. The summed E-state index contributed by atoms with van der Waals surface area (Å²) in [5.41, 5.74) is 0.735. The molecule has 5 nitrogen and oxygen atoms in total. The van der Waals surface area contributed by atoms with Gasteiger partial charge in [-0.3, -0.25) is 4.79 Å². The lowest BCUT2D eigenvalue weighted by Crippen LogP contribution is -2.23. The van der Waals surface area contributed by atoms with Crippen molar-refractivity contribution in [1.29, 1.82) is 0 Å². The summed E-state index contributed by atoms with van der Waals surface area (Å²) in [4.78, 5) is 12.0. The molecule has 1 aromatic carbocycles. The van der Waals surface area contributed by atoms with Crippen molar-refractivity contribution in [3.63, 3.8) is 0 Å². The molecule has 1 unspecified atom stereocenters. The van der Waals surface area contributed by atoms with Crippen molar-refractivity contribution >= 4 is 35.3 Å². The second-order valence-corrected chi connectivity index (χ2v) is 5.71. The van der Waals surface area contributed by atoms with Crippen molar-refractivity contribution in [1.82, 2.24) is 15.1 Å². The Kier molecular flexibility index (Phi) is 3.52. The Morgan fingerprint density at radius 1 is 1.50 bits per heavy atom. The SMILES string of the molecule is O=C1NC(O)S/C1=C\c1cnn(-c2cccc(Cl)c2)c1. The van der Waals surface area contributed by atoms with Gasteiger partial charge < -0.3 is 10.4 Å². The third-order valence-electron chi connectivity index (χ3n) is 2.69.